The van der Waals surface area contributed by atoms with Gasteiger partial charge in [-0.3, -0.25) is 0 Å². The predicted octanol–water partition coefficient (Wildman–Crippen LogP) is 1.11. The van der Waals surface area contributed by atoms with Crippen molar-refractivity contribution in [1.29, 1.82) is 0 Å². The molecule has 0 radical (unpaired) electrons. The molecule has 1 aromatic carbocycles. The fourth-order valence-corrected chi connectivity index (χ4v) is 1.28. The Labute approximate surface area is 81.4 Å². The number of ether oxygens (including phenoxy) is 2. The number of hydrogen-bond donors (Lipinski definition) is 1. The van der Waals surface area contributed by atoms with Gasteiger partial charge in [0, 0.05) is 0 Å². The molecular weight excluding hydrogens is 186 g/mol. The molecule has 1 atom stereocenters. The molecule has 13 heavy (non-hydrogen) atoms. The number of nitrogens with two attached hydrogens (primary N) is 1. The zero-order valence-electron chi connectivity index (χ0n) is 6.90. The van der Waals surface area contributed by atoms with Crippen LogP contribution in [0.25, 0.3) is 0 Å². The van der Waals surface area contributed by atoms with Gasteiger partial charge in [0.25, 0.3) is 0 Å². The van der Waals surface area contributed by atoms with Crippen LogP contribution in [-0.2, 0) is 0 Å². The topological polar surface area (TPSA) is 44.5 Å². The second-order valence-corrected chi connectivity index (χ2v) is 3.24. The van der Waals surface area contributed by atoms with E-state index in [1.54, 1.807) is 0 Å². The third kappa shape index (κ3) is 1.58. The van der Waals surface area contributed by atoms with Crippen LogP contribution < -0.4 is 15.2 Å². The molecule has 1 heterocycles. The summed E-state index contributed by atoms with van der Waals surface area (Å²) < 4.78 is 10.9. The molecule has 1 aliphatic rings. The van der Waals surface area contributed by atoms with Gasteiger partial charge in [-0.05, 0) is 12.1 Å². The van der Waals surface area contributed by atoms with Crippen LogP contribution in [0.4, 0.5) is 0 Å². The van der Waals surface area contributed by atoms with Gasteiger partial charge in [0.05, 0.1) is 0 Å². The highest BCUT2D eigenvalue weighted by Crippen LogP contribution is 2.30. The van der Waals surface area contributed by atoms with Crippen molar-refractivity contribution >= 4 is 17.2 Å². The lowest BCUT2D eigenvalue weighted by atomic mass is 10.2. The van der Waals surface area contributed by atoms with Crippen molar-refractivity contribution in [3.8, 4) is 11.5 Å². The Morgan fingerprint density at radius 2 is 2.08 bits per heavy atom. The molecule has 0 aliphatic carbocycles. The van der Waals surface area contributed by atoms with Crippen molar-refractivity contribution < 1.29 is 9.47 Å². The highest BCUT2D eigenvalue weighted by Gasteiger charge is 2.22. The van der Waals surface area contributed by atoms with Crippen LogP contribution in [0.5, 0.6) is 11.5 Å². The normalized spacial score (nSPS) is 19.5. The van der Waals surface area contributed by atoms with E-state index in [2.05, 4.69) is 0 Å². The average molecular weight is 195 g/mol. The third-order valence-electron chi connectivity index (χ3n) is 1.83. The average Bonchev–Trinajstić information content (AvgIpc) is 2.17. The van der Waals surface area contributed by atoms with E-state index in [9.17, 15) is 0 Å². The molecule has 68 valence electrons. The van der Waals surface area contributed by atoms with E-state index in [1.807, 2.05) is 24.3 Å². The summed E-state index contributed by atoms with van der Waals surface area (Å²) >= 11 is 4.82. The van der Waals surface area contributed by atoms with Crippen LogP contribution in [0.3, 0.4) is 0 Å². The number of fused-ring (bicyclic) bond motifs is 1. The summed E-state index contributed by atoms with van der Waals surface area (Å²) in [5.74, 6) is 1.45. The Morgan fingerprint density at radius 1 is 1.38 bits per heavy atom. The molecule has 0 amide bonds. The van der Waals surface area contributed by atoms with Crippen molar-refractivity contribution in [2.24, 2.45) is 5.73 Å². The number of thiocarbonyl (C=S) groups is 1. The van der Waals surface area contributed by atoms with Crippen LogP contribution in [0.2, 0.25) is 0 Å². The Bertz CT molecular complexity index is 340. The van der Waals surface area contributed by atoms with Crippen LogP contribution in [0.1, 0.15) is 0 Å². The maximum Gasteiger partial charge on any atom is 0.182 e. The van der Waals surface area contributed by atoms with E-state index >= 15 is 0 Å². The Morgan fingerprint density at radius 3 is 2.77 bits per heavy atom. The van der Waals surface area contributed by atoms with Gasteiger partial charge >= 0.3 is 0 Å². The molecular formula is C9H9NO2S. The van der Waals surface area contributed by atoms with Crippen LogP contribution in [0, 0.1) is 0 Å². The summed E-state index contributed by atoms with van der Waals surface area (Å²) in [4.78, 5) is 0.328. The van der Waals surface area contributed by atoms with Gasteiger partial charge in [-0.2, -0.15) is 0 Å². The van der Waals surface area contributed by atoms with Crippen LogP contribution in [-0.4, -0.2) is 17.7 Å². The first-order valence-electron chi connectivity index (χ1n) is 3.95. The minimum Gasteiger partial charge on any atom is -0.485 e. The van der Waals surface area contributed by atoms with Gasteiger partial charge in [-0.25, -0.2) is 0 Å². The third-order valence-corrected chi connectivity index (χ3v) is 2.09. The van der Waals surface area contributed by atoms with Gasteiger partial charge in [0.2, 0.25) is 0 Å². The maximum absolute atomic E-state index is 5.50. The van der Waals surface area contributed by atoms with E-state index < -0.39 is 0 Å². The van der Waals surface area contributed by atoms with E-state index in [4.69, 9.17) is 27.4 Å². The Hall–Kier alpha value is -1.29. The number of para-hydroxylation sites is 2. The zero-order chi connectivity index (χ0) is 9.26. The summed E-state index contributed by atoms with van der Waals surface area (Å²) in [6.45, 7) is 0.395. The zero-order valence-corrected chi connectivity index (χ0v) is 7.71. The molecule has 1 aliphatic heterocycles. The van der Waals surface area contributed by atoms with Gasteiger partial charge in [0.1, 0.15) is 11.6 Å². The summed E-state index contributed by atoms with van der Waals surface area (Å²) in [5.41, 5.74) is 5.45. The number of hydrogen-bond acceptors (Lipinski definition) is 3. The summed E-state index contributed by atoms with van der Waals surface area (Å²) in [6, 6.07) is 7.46. The Kier molecular flexibility index (Phi) is 2.06. The summed E-state index contributed by atoms with van der Waals surface area (Å²) in [7, 11) is 0. The second kappa shape index (κ2) is 3.22. The van der Waals surface area contributed by atoms with Crippen molar-refractivity contribution in [3.63, 3.8) is 0 Å². The molecule has 0 spiro atoms. The standard InChI is InChI=1S/C9H9NO2S/c10-9(13)8-5-11-6-3-1-2-4-7(6)12-8/h1-4,8H,5H2,(H2,10,13)/t8-/m1/s1. The number of benzene rings is 1. The lowest BCUT2D eigenvalue weighted by Crippen LogP contribution is -2.39. The second-order valence-electron chi connectivity index (χ2n) is 2.77. The minimum absolute atomic E-state index is 0.301. The van der Waals surface area contributed by atoms with Crippen LogP contribution >= 0.6 is 12.2 Å². The van der Waals surface area contributed by atoms with Gasteiger partial charge in [-0.1, -0.05) is 24.4 Å². The molecule has 2 N–H and O–H groups in total. The van der Waals surface area contributed by atoms with Gasteiger partial charge in [-0.15, -0.1) is 0 Å². The summed E-state index contributed by atoms with van der Waals surface area (Å²) in [6.07, 6.45) is -0.301. The molecule has 4 heteroatoms. The van der Waals surface area contributed by atoms with Crippen LogP contribution in [0.15, 0.2) is 24.3 Å². The molecule has 0 saturated heterocycles. The molecule has 0 saturated carbocycles. The maximum atomic E-state index is 5.50. The smallest absolute Gasteiger partial charge is 0.182 e. The first-order valence-corrected chi connectivity index (χ1v) is 4.36. The fourth-order valence-electron chi connectivity index (χ4n) is 1.16. The van der Waals surface area contributed by atoms with Gasteiger partial charge in [0.15, 0.2) is 17.6 Å². The van der Waals surface area contributed by atoms with E-state index in [0.717, 1.165) is 5.75 Å². The lowest BCUT2D eigenvalue weighted by molar-refractivity contribution is 0.135. The first kappa shape index (κ1) is 8.31. The lowest BCUT2D eigenvalue weighted by Gasteiger charge is -2.25. The van der Waals surface area contributed by atoms with Gasteiger partial charge < -0.3 is 15.2 Å². The van der Waals surface area contributed by atoms with E-state index in [0.29, 0.717) is 17.3 Å². The van der Waals surface area contributed by atoms with E-state index in [1.165, 1.54) is 0 Å². The van der Waals surface area contributed by atoms with E-state index in [-0.39, 0.29) is 6.10 Å². The Balaban J connectivity index is 2.24. The summed E-state index contributed by atoms with van der Waals surface area (Å²) in [5, 5.41) is 0. The van der Waals surface area contributed by atoms with Crippen molar-refractivity contribution in [2.75, 3.05) is 6.61 Å². The molecule has 0 unspecified atom stereocenters. The van der Waals surface area contributed by atoms with Crippen molar-refractivity contribution in [1.82, 2.24) is 0 Å². The molecule has 0 fully saturated rings. The minimum atomic E-state index is -0.301. The highest BCUT2D eigenvalue weighted by atomic mass is 32.1. The first-order chi connectivity index (χ1) is 6.27. The van der Waals surface area contributed by atoms with Crippen molar-refractivity contribution in [2.45, 2.75) is 6.10 Å². The predicted molar refractivity (Wildman–Crippen MR) is 53.1 cm³/mol. The molecule has 3 nitrogen and oxygen atoms in total. The quantitative estimate of drug-likeness (QED) is 0.682. The highest BCUT2D eigenvalue weighted by molar-refractivity contribution is 7.80. The molecule has 0 bridgehead atoms. The monoisotopic (exact) mass is 195 g/mol. The molecule has 1 aromatic rings. The SMILES string of the molecule is NC(=S)[C@H]1COc2ccccc2O1. The fraction of sp³-hybridized carbons (Fsp3) is 0.222. The van der Waals surface area contributed by atoms with Crippen molar-refractivity contribution in [3.05, 3.63) is 24.3 Å². The number of rotatable bonds is 1. The molecule has 2 rings (SSSR count). The molecule has 0 aromatic heterocycles. The largest absolute Gasteiger partial charge is 0.485 e.